The number of benzene rings is 2. The van der Waals surface area contributed by atoms with Gasteiger partial charge in [-0.1, -0.05) is 0 Å². The summed E-state index contributed by atoms with van der Waals surface area (Å²) in [5.41, 5.74) is 2.19. The highest BCUT2D eigenvalue weighted by molar-refractivity contribution is 7.98. The molecular formula is C21H18N6OS. The fourth-order valence-electron chi connectivity index (χ4n) is 2.68. The predicted octanol–water partition coefficient (Wildman–Crippen LogP) is 4.38. The summed E-state index contributed by atoms with van der Waals surface area (Å²) < 4.78 is 1.80. The molecule has 0 saturated carbocycles. The van der Waals surface area contributed by atoms with Gasteiger partial charge in [-0.2, -0.15) is 0 Å². The van der Waals surface area contributed by atoms with Gasteiger partial charge in [0, 0.05) is 40.3 Å². The molecule has 29 heavy (non-hydrogen) atoms. The molecule has 0 fully saturated rings. The Hall–Kier alpha value is -3.65. The Morgan fingerprint density at radius 2 is 1.76 bits per heavy atom. The summed E-state index contributed by atoms with van der Waals surface area (Å²) in [6, 6.07) is 16.8. The molecule has 1 amide bonds. The number of nitrogens with one attached hydrogen (secondary N) is 2. The Kier molecular flexibility index (Phi) is 5.53. The molecule has 0 bridgehead atoms. The van der Waals surface area contributed by atoms with Gasteiger partial charge in [0.25, 0.3) is 5.91 Å². The van der Waals surface area contributed by atoms with Crippen molar-refractivity contribution in [3.8, 4) is 5.82 Å². The number of amides is 1. The quantitative estimate of drug-likeness (QED) is 0.466. The molecule has 4 rings (SSSR count). The van der Waals surface area contributed by atoms with E-state index in [1.54, 1.807) is 28.9 Å². The molecule has 7 nitrogen and oxygen atoms in total. The van der Waals surface area contributed by atoms with Crippen LogP contribution in [-0.4, -0.2) is 31.7 Å². The van der Waals surface area contributed by atoms with Crippen LogP contribution in [0.2, 0.25) is 0 Å². The Morgan fingerprint density at radius 1 is 1.00 bits per heavy atom. The van der Waals surface area contributed by atoms with Crippen LogP contribution in [0.1, 0.15) is 10.4 Å². The van der Waals surface area contributed by atoms with Gasteiger partial charge in [0.15, 0.2) is 0 Å². The van der Waals surface area contributed by atoms with Gasteiger partial charge >= 0.3 is 0 Å². The van der Waals surface area contributed by atoms with Gasteiger partial charge in [-0.15, -0.1) is 11.8 Å². The number of hydrogen-bond acceptors (Lipinski definition) is 6. The van der Waals surface area contributed by atoms with Gasteiger partial charge in [0.1, 0.15) is 24.3 Å². The molecule has 2 aromatic carbocycles. The summed E-state index contributed by atoms with van der Waals surface area (Å²) in [6.07, 6.45) is 8.69. The second kappa shape index (κ2) is 8.57. The van der Waals surface area contributed by atoms with Gasteiger partial charge < -0.3 is 10.6 Å². The average Bonchev–Trinajstić information content (AvgIpc) is 3.30. The van der Waals surface area contributed by atoms with E-state index in [-0.39, 0.29) is 5.91 Å². The molecule has 2 heterocycles. The van der Waals surface area contributed by atoms with E-state index >= 15 is 0 Å². The SMILES string of the molecule is CSc1ccc(C(=O)Nc2ccc(Nc3cc(-n4ccnc4)ncn3)cc2)cc1. The number of nitrogens with zero attached hydrogens (tertiary/aromatic N) is 4. The maximum Gasteiger partial charge on any atom is 0.255 e. The Bertz CT molecular complexity index is 1090. The zero-order valence-corrected chi connectivity index (χ0v) is 16.4. The van der Waals surface area contributed by atoms with E-state index in [0.717, 1.165) is 22.1 Å². The lowest BCUT2D eigenvalue weighted by molar-refractivity contribution is 0.102. The zero-order chi connectivity index (χ0) is 20.1. The van der Waals surface area contributed by atoms with E-state index in [2.05, 4.69) is 25.6 Å². The third kappa shape index (κ3) is 4.61. The number of rotatable bonds is 6. The van der Waals surface area contributed by atoms with Crippen LogP contribution in [0.4, 0.5) is 17.2 Å². The number of hydrogen-bond donors (Lipinski definition) is 2. The number of thioether (sulfide) groups is 1. The third-order valence-corrected chi connectivity index (χ3v) is 4.93. The highest BCUT2D eigenvalue weighted by Gasteiger charge is 2.07. The van der Waals surface area contributed by atoms with Crippen LogP contribution in [0.15, 0.2) is 84.5 Å². The first kappa shape index (κ1) is 18.7. The average molecular weight is 402 g/mol. The summed E-state index contributed by atoms with van der Waals surface area (Å²) in [7, 11) is 0. The topological polar surface area (TPSA) is 84.7 Å². The monoisotopic (exact) mass is 402 g/mol. The van der Waals surface area contributed by atoms with Crippen LogP contribution >= 0.6 is 11.8 Å². The molecule has 0 atom stereocenters. The molecule has 0 aliphatic heterocycles. The van der Waals surface area contributed by atoms with Gasteiger partial charge in [-0.25, -0.2) is 15.0 Å². The van der Waals surface area contributed by atoms with Crippen LogP contribution in [0.5, 0.6) is 0 Å². The minimum absolute atomic E-state index is 0.140. The van der Waals surface area contributed by atoms with Crippen molar-refractivity contribution in [3.63, 3.8) is 0 Å². The van der Waals surface area contributed by atoms with Crippen molar-refractivity contribution in [2.45, 2.75) is 4.90 Å². The van der Waals surface area contributed by atoms with Gasteiger partial charge in [-0.3, -0.25) is 9.36 Å². The number of aromatic nitrogens is 4. The zero-order valence-electron chi connectivity index (χ0n) is 15.6. The molecule has 8 heteroatoms. The normalized spacial score (nSPS) is 10.5. The van der Waals surface area contributed by atoms with E-state index < -0.39 is 0 Å². The standard InChI is InChI=1S/C21H18N6OS/c1-29-18-8-2-15(3-9-18)21(28)26-17-6-4-16(5-7-17)25-19-12-20(24-13-23-19)27-11-10-22-14-27/h2-14H,1H3,(H,26,28)(H,23,24,25). The molecular weight excluding hydrogens is 384 g/mol. The molecule has 144 valence electrons. The fourth-order valence-corrected chi connectivity index (χ4v) is 3.09. The van der Waals surface area contributed by atoms with Gasteiger partial charge in [0.05, 0.1) is 0 Å². The first-order valence-corrected chi connectivity index (χ1v) is 10.1. The second-order valence-electron chi connectivity index (χ2n) is 6.12. The van der Waals surface area contributed by atoms with Crippen molar-refractivity contribution in [2.75, 3.05) is 16.9 Å². The maximum absolute atomic E-state index is 12.4. The number of anilines is 3. The van der Waals surface area contributed by atoms with Crippen molar-refractivity contribution in [1.29, 1.82) is 0 Å². The van der Waals surface area contributed by atoms with Crippen molar-refractivity contribution >= 4 is 34.9 Å². The minimum Gasteiger partial charge on any atom is -0.340 e. The van der Waals surface area contributed by atoms with Crippen molar-refractivity contribution < 1.29 is 4.79 Å². The minimum atomic E-state index is -0.140. The van der Waals surface area contributed by atoms with E-state index in [0.29, 0.717) is 11.4 Å². The third-order valence-electron chi connectivity index (χ3n) is 4.19. The predicted molar refractivity (Wildman–Crippen MR) is 115 cm³/mol. The Balaban J connectivity index is 1.41. The first-order valence-electron chi connectivity index (χ1n) is 8.84. The summed E-state index contributed by atoms with van der Waals surface area (Å²) in [5.74, 6) is 1.24. The largest absolute Gasteiger partial charge is 0.340 e. The lowest BCUT2D eigenvalue weighted by Gasteiger charge is -2.09. The van der Waals surface area contributed by atoms with Crippen molar-refractivity contribution in [3.05, 3.63) is 85.2 Å². The van der Waals surface area contributed by atoms with Crippen molar-refractivity contribution in [2.24, 2.45) is 0 Å². The molecule has 2 aromatic heterocycles. The van der Waals surface area contributed by atoms with Crippen LogP contribution in [0.25, 0.3) is 5.82 Å². The van der Waals surface area contributed by atoms with Crippen LogP contribution in [-0.2, 0) is 0 Å². The molecule has 0 aliphatic carbocycles. The number of carbonyl (C=O) groups excluding carboxylic acids is 1. The summed E-state index contributed by atoms with van der Waals surface area (Å²) in [6.45, 7) is 0. The molecule has 0 aliphatic rings. The Morgan fingerprint density at radius 3 is 2.45 bits per heavy atom. The van der Waals surface area contributed by atoms with Gasteiger partial charge in [0.2, 0.25) is 0 Å². The summed E-state index contributed by atoms with van der Waals surface area (Å²) in [4.78, 5) is 26.0. The highest BCUT2D eigenvalue weighted by Crippen LogP contribution is 2.20. The molecule has 0 unspecified atom stereocenters. The lowest BCUT2D eigenvalue weighted by Crippen LogP contribution is -2.11. The van der Waals surface area contributed by atoms with Crippen molar-refractivity contribution in [1.82, 2.24) is 19.5 Å². The molecule has 4 aromatic rings. The lowest BCUT2D eigenvalue weighted by atomic mass is 10.2. The van der Waals surface area contributed by atoms with Crippen LogP contribution < -0.4 is 10.6 Å². The van der Waals surface area contributed by atoms with E-state index in [1.807, 2.05) is 67.0 Å². The van der Waals surface area contributed by atoms with Gasteiger partial charge in [-0.05, 0) is 54.8 Å². The molecule has 0 radical (unpaired) electrons. The molecule has 0 saturated heterocycles. The van der Waals surface area contributed by atoms with E-state index in [4.69, 9.17) is 0 Å². The molecule has 2 N–H and O–H groups in total. The smallest absolute Gasteiger partial charge is 0.255 e. The van der Waals surface area contributed by atoms with E-state index in [1.165, 1.54) is 6.33 Å². The number of imidazole rings is 1. The highest BCUT2D eigenvalue weighted by atomic mass is 32.2. The Labute approximate surface area is 172 Å². The summed E-state index contributed by atoms with van der Waals surface area (Å²) >= 11 is 1.64. The molecule has 0 spiro atoms. The fraction of sp³-hybridized carbons (Fsp3) is 0.0476. The second-order valence-corrected chi connectivity index (χ2v) is 7.00. The first-order chi connectivity index (χ1) is 14.2. The number of carbonyl (C=O) groups is 1. The van der Waals surface area contributed by atoms with E-state index in [9.17, 15) is 4.79 Å². The summed E-state index contributed by atoms with van der Waals surface area (Å²) in [5, 5.41) is 6.14. The van der Waals surface area contributed by atoms with Crippen LogP contribution in [0, 0.1) is 0 Å². The maximum atomic E-state index is 12.4. The van der Waals surface area contributed by atoms with Crippen LogP contribution in [0.3, 0.4) is 0 Å².